The van der Waals surface area contributed by atoms with E-state index in [9.17, 15) is 4.79 Å². The number of carbonyl (C=O) groups is 1. The van der Waals surface area contributed by atoms with Crippen LogP contribution in [0.3, 0.4) is 0 Å². The number of nitrogens with one attached hydrogen (secondary N) is 1. The quantitative estimate of drug-likeness (QED) is 0.452. The molecule has 0 aliphatic heterocycles. The van der Waals surface area contributed by atoms with Crippen LogP contribution in [-0.2, 0) is 4.79 Å². The van der Waals surface area contributed by atoms with Gasteiger partial charge in [0, 0.05) is 6.54 Å². The molecule has 0 aliphatic carbocycles. The number of carbonyl (C=O) groups excluding carboxylic acids is 1. The van der Waals surface area contributed by atoms with Crippen molar-refractivity contribution in [2.24, 2.45) is 5.41 Å². The van der Waals surface area contributed by atoms with Gasteiger partial charge >= 0.3 is 0 Å². The molecule has 1 atom stereocenters. The lowest BCUT2D eigenvalue weighted by Crippen LogP contribution is -2.34. The highest BCUT2D eigenvalue weighted by Gasteiger charge is 2.22. The average Bonchev–Trinajstić information content (AvgIpc) is 2.32. The first-order valence-electron chi connectivity index (χ1n) is 6.98. The molecular formula is C15H29NO. The van der Waals surface area contributed by atoms with E-state index in [0.29, 0.717) is 0 Å². The van der Waals surface area contributed by atoms with Crippen molar-refractivity contribution in [3.63, 3.8) is 0 Å². The second-order valence-electron chi connectivity index (χ2n) is 5.29. The number of unbranched alkanes of at least 4 members (excludes halogenated alkanes) is 3. The third-order valence-electron chi connectivity index (χ3n) is 3.36. The maximum absolute atomic E-state index is 11.2. The summed E-state index contributed by atoms with van der Waals surface area (Å²) in [6, 6.07) is 0. The molecule has 1 N–H and O–H groups in total. The van der Waals surface area contributed by atoms with Crippen molar-refractivity contribution in [3.05, 3.63) is 12.7 Å². The first kappa shape index (κ1) is 16.2. The minimum absolute atomic E-state index is 0.0547. The lowest BCUT2D eigenvalue weighted by atomic mass is 9.80. The maximum atomic E-state index is 11.2. The van der Waals surface area contributed by atoms with Crippen LogP contribution in [0, 0.1) is 5.41 Å². The lowest BCUT2D eigenvalue weighted by molar-refractivity contribution is -0.117. The van der Waals surface area contributed by atoms with Gasteiger partial charge in [-0.3, -0.25) is 4.79 Å². The summed E-state index contributed by atoms with van der Waals surface area (Å²) in [6.07, 6.45) is 10.1. The molecule has 0 aromatic rings. The van der Waals surface area contributed by atoms with Crippen LogP contribution in [0.4, 0.5) is 0 Å². The Morgan fingerprint density at radius 3 is 2.41 bits per heavy atom. The Morgan fingerprint density at radius 2 is 1.88 bits per heavy atom. The van der Waals surface area contributed by atoms with E-state index in [-0.39, 0.29) is 11.3 Å². The van der Waals surface area contributed by atoms with Crippen LogP contribution in [0.15, 0.2) is 12.7 Å². The Labute approximate surface area is 107 Å². The van der Waals surface area contributed by atoms with E-state index >= 15 is 0 Å². The van der Waals surface area contributed by atoms with Gasteiger partial charge in [-0.1, -0.05) is 59.5 Å². The molecule has 0 aliphatic rings. The van der Waals surface area contributed by atoms with Gasteiger partial charge in [0.1, 0.15) is 0 Å². The molecular weight excluding hydrogens is 210 g/mol. The molecule has 2 heteroatoms. The molecule has 17 heavy (non-hydrogen) atoms. The summed E-state index contributed by atoms with van der Waals surface area (Å²) in [7, 11) is 0. The van der Waals surface area contributed by atoms with Crippen LogP contribution >= 0.6 is 0 Å². The molecule has 0 fully saturated rings. The van der Waals surface area contributed by atoms with Gasteiger partial charge in [-0.2, -0.15) is 0 Å². The van der Waals surface area contributed by atoms with E-state index in [1.165, 1.54) is 51.0 Å². The second kappa shape index (κ2) is 9.26. The minimum atomic E-state index is -0.0547. The summed E-state index contributed by atoms with van der Waals surface area (Å²) in [5, 5.41) is 2.94. The smallest absolute Gasteiger partial charge is 0.243 e. The molecule has 0 bridgehead atoms. The van der Waals surface area contributed by atoms with Crippen LogP contribution in [0.1, 0.15) is 65.7 Å². The highest BCUT2D eigenvalue weighted by Crippen LogP contribution is 2.29. The summed E-state index contributed by atoms with van der Waals surface area (Å²) < 4.78 is 0. The van der Waals surface area contributed by atoms with Gasteiger partial charge in [0.2, 0.25) is 5.91 Å². The Balaban J connectivity index is 4.05. The molecule has 0 heterocycles. The third kappa shape index (κ3) is 8.00. The zero-order chi connectivity index (χ0) is 13.1. The summed E-state index contributed by atoms with van der Waals surface area (Å²) in [5.41, 5.74) is 0.251. The van der Waals surface area contributed by atoms with E-state index in [0.717, 1.165) is 6.54 Å². The summed E-state index contributed by atoms with van der Waals surface area (Å²) >= 11 is 0. The Bertz CT molecular complexity index is 225. The summed E-state index contributed by atoms with van der Waals surface area (Å²) in [6.45, 7) is 11.0. The molecule has 2 nitrogen and oxygen atoms in total. The molecule has 0 radical (unpaired) electrons. The van der Waals surface area contributed by atoms with Gasteiger partial charge < -0.3 is 5.32 Å². The standard InChI is InChI=1S/C15H29NO/c1-5-8-9-10-12-15(4,11-6-2)13-16-14(17)7-3/h7H,3,5-6,8-13H2,1-2,4H3,(H,16,17). The van der Waals surface area contributed by atoms with Gasteiger partial charge in [-0.15, -0.1) is 0 Å². The molecule has 100 valence electrons. The molecule has 0 spiro atoms. The average molecular weight is 239 g/mol. The minimum Gasteiger partial charge on any atom is -0.352 e. The van der Waals surface area contributed by atoms with E-state index in [2.05, 4.69) is 32.7 Å². The largest absolute Gasteiger partial charge is 0.352 e. The van der Waals surface area contributed by atoms with E-state index < -0.39 is 0 Å². The maximum Gasteiger partial charge on any atom is 0.243 e. The van der Waals surface area contributed by atoms with E-state index in [4.69, 9.17) is 0 Å². The molecule has 0 saturated heterocycles. The Hall–Kier alpha value is -0.790. The SMILES string of the molecule is C=CC(=O)NCC(C)(CCC)CCCCCC. The Morgan fingerprint density at radius 1 is 1.18 bits per heavy atom. The van der Waals surface area contributed by atoms with Gasteiger partial charge in [0.05, 0.1) is 0 Å². The fraction of sp³-hybridized carbons (Fsp3) is 0.800. The van der Waals surface area contributed by atoms with Crippen LogP contribution in [0.25, 0.3) is 0 Å². The predicted octanol–water partition coefficient (Wildman–Crippen LogP) is 4.07. The van der Waals surface area contributed by atoms with Crippen molar-refractivity contribution in [1.82, 2.24) is 5.32 Å². The normalized spacial score (nSPS) is 14.1. The van der Waals surface area contributed by atoms with Crippen molar-refractivity contribution < 1.29 is 4.79 Å². The van der Waals surface area contributed by atoms with Gasteiger partial charge in [-0.25, -0.2) is 0 Å². The monoisotopic (exact) mass is 239 g/mol. The summed E-state index contributed by atoms with van der Waals surface area (Å²) in [5.74, 6) is -0.0547. The van der Waals surface area contributed by atoms with Crippen LogP contribution in [0.5, 0.6) is 0 Å². The molecule has 0 aromatic carbocycles. The van der Waals surface area contributed by atoms with Crippen LogP contribution in [0.2, 0.25) is 0 Å². The summed E-state index contributed by atoms with van der Waals surface area (Å²) in [4.78, 5) is 11.2. The lowest BCUT2D eigenvalue weighted by Gasteiger charge is -2.29. The Kier molecular flexibility index (Phi) is 8.83. The zero-order valence-corrected chi connectivity index (χ0v) is 11.8. The van der Waals surface area contributed by atoms with Crippen molar-refractivity contribution in [2.75, 3.05) is 6.54 Å². The van der Waals surface area contributed by atoms with Crippen molar-refractivity contribution in [1.29, 1.82) is 0 Å². The molecule has 1 amide bonds. The number of rotatable bonds is 10. The van der Waals surface area contributed by atoms with E-state index in [1.54, 1.807) is 0 Å². The highest BCUT2D eigenvalue weighted by molar-refractivity contribution is 5.86. The van der Waals surface area contributed by atoms with Crippen molar-refractivity contribution >= 4 is 5.91 Å². The second-order valence-corrected chi connectivity index (χ2v) is 5.29. The number of amides is 1. The fourth-order valence-corrected chi connectivity index (χ4v) is 2.26. The van der Waals surface area contributed by atoms with Crippen molar-refractivity contribution in [2.45, 2.75) is 65.7 Å². The molecule has 0 saturated carbocycles. The zero-order valence-electron chi connectivity index (χ0n) is 11.8. The van der Waals surface area contributed by atoms with Gasteiger partial charge in [0.25, 0.3) is 0 Å². The third-order valence-corrected chi connectivity index (χ3v) is 3.36. The first-order chi connectivity index (χ1) is 8.08. The van der Waals surface area contributed by atoms with Gasteiger partial charge in [0.15, 0.2) is 0 Å². The number of hydrogen-bond donors (Lipinski definition) is 1. The molecule has 0 aromatic heterocycles. The topological polar surface area (TPSA) is 29.1 Å². The molecule has 0 rings (SSSR count). The van der Waals surface area contributed by atoms with Gasteiger partial charge in [-0.05, 0) is 24.3 Å². The van der Waals surface area contributed by atoms with E-state index in [1.807, 2.05) is 0 Å². The highest BCUT2D eigenvalue weighted by atomic mass is 16.1. The molecule has 1 unspecified atom stereocenters. The number of hydrogen-bond acceptors (Lipinski definition) is 1. The first-order valence-corrected chi connectivity index (χ1v) is 6.98. The van der Waals surface area contributed by atoms with Crippen molar-refractivity contribution in [3.8, 4) is 0 Å². The van der Waals surface area contributed by atoms with Crippen LogP contribution < -0.4 is 5.32 Å². The fourth-order valence-electron chi connectivity index (χ4n) is 2.26. The van der Waals surface area contributed by atoms with Crippen LogP contribution in [-0.4, -0.2) is 12.5 Å². The predicted molar refractivity (Wildman–Crippen MR) is 75.0 cm³/mol.